The Morgan fingerprint density at radius 1 is 0.370 bits per heavy atom. The summed E-state index contributed by atoms with van der Waals surface area (Å²) in [7, 11) is 0. The molecule has 0 spiro atoms. The number of para-hydroxylation sites is 2. The van der Waals surface area contributed by atoms with Gasteiger partial charge in [0, 0.05) is 44.0 Å². The van der Waals surface area contributed by atoms with Gasteiger partial charge in [-0.2, -0.15) is 0 Å². The highest BCUT2D eigenvalue weighted by Gasteiger charge is 2.39. The van der Waals surface area contributed by atoms with E-state index in [1.54, 1.807) is 0 Å². The number of hydrogen-bond acceptors (Lipinski definition) is 0. The number of fused-ring (bicyclic) bond motifs is 10. The maximum absolute atomic E-state index is 2.60. The lowest BCUT2D eigenvalue weighted by molar-refractivity contribution is 0.591. The van der Waals surface area contributed by atoms with Crippen molar-refractivity contribution in [1.29, 1.82) is 0 Å². The summed E-state index contributed by atoms with van der Waals surface area (Å²) in [6.45, 7) is 14.1. The Balaban J connectivity index is 1.31. The van der Waals surface area contributed by atoms with E-state index < -0.39 is 0 Å². The molecule has 258 valence electrons. The Kier molecular flexibility index (Phi) is 6.42. The minimum atomic E-state index is 0.0531. The molecule has 0 saturated heterocycles. The van der Waals surface area contributed by atoms with Crippen LogP contribution >= 0.6 is 0 Å². The zero-order valence-electron chi connectivity index (χ0n) is 31.9. The van der Waals surface area contributed by atoms with E-state index in [0.717, 1.165) is 0 Å². The van der Waals surface area contributed by atoms with E-state index in [2.05, 4.69) is 196 Å². The van der Waals surface area contributed by atoms with Gasteiger partial charge in [0.05, 0.1) is 11.0 Å². The highest BCUT2D eigenvalue weighted by molar-refractivity contribution is 7.00. The number of aromatic nitrogens is 2. The first-order chi connectivity index (χ1) is 26.1. The molecule has 2 aliphatic heterocycles. The van der Waals surface area contributed by atoms with Gasteiger partial charge >= 0.3 is 0 Å². The minimum Gasteiger partial charge on any atom is -0.310 e. The van der Waals surface area contributed by atoms with Crippen LogP contribution in [0.2, 0.25) is 0 Å². The van der Waals surface area contributed by atoms with Crippen molar-refractivity contribution in [3.05, 3.63) is 157 Å². The van der Waals surface area contributed by atoms with Gasteiger partial charge in [0.25, 0.3) is 0 Å². The highest BCUT2D eigenvalue weighted by atomic mass is 15.0. The van der Waals surface area contributed by atoms with E-state index >= 15 is 0 Å². The summed E-state index contributed by atoms with van der Waals surface area (Å²) in [5.74, 6) is 0. The Labute approximate surface area is 318 Å². The predicted octanol–water partition coefficient (Wildman–Crippen LogP) is 8.14. The van der Waals surface area contributed by atoms with Crippen molar-refractivity contribution >= 4 is 89.8 Å². The van der Waals surface area contributed by atoms with Crippen molar-refractivity contribution in [3.63, 3.8) is 0 Å². The van der Waals surface area contributed by atoms with Gasteiger partial charge in [-0.15, -0.1) is 0 Å². The van der Waals surface area contributed by atoms with E-state index in [0.29, 0.717) is 0 Å². The van der Waals surface area contributed by atoms with Gasteiger partial charge in [-0.05, 0) is 74.1 Å². The fourth-order valence-electron chi connectivity index (χ4n) is 9.90. The zero-order valence-corrected chi connectivity index (χ0v) is 31.9. The maximum atomic E-state index is 2.60. The van der Waals surface area contributed by atoms with Crippen molar-refractivity contribution in [2.45, 2.75) is 52.4 Å². The lowest BCUT2D eigenvalue weighted by Crippen LogP contribution is -2.60. The van der Waals surface area contributed by atoms with Gasteiger partial charge in [0.1, 0.15) is 0 Å². The molecule has 7 aromatic carbocycles. The fraction of sp³-hybridized carbons (Fsp3) is 0.160. The fourth-order valence-corrected chi connectivity index (χ4v) is 9.90. The van der Waals surface area contributed by atoms with E-state index in [1.165, 1.54) is 98.9 Å². The van der Waals surface area contributed by atoms with E-state index in [4.69, 9.17) is 0 Å². The van der Waals surface area contributed by atoms with Crippen LogP contribution in [-0.2, 0) is 10.8 Å². The normalized spacial score (nSPS) is 13.7. The third kappa shape index (κ3) is 4.31. The number of hydrogen-bond donors (Lipinski definition) is 0. The van der Waals surface area contributed by atoms with Crippen LogP contribution in [0.5, 0.6) is 0 Å². The van der Waals surface area contributed by atoms with Gasteiger partial charge in [-0.1, -0.05) is 168 Å². The molecular weight excluding hydrogens is 650 g/mol. The molecule has 0 saturated carbocycles. The Morgan fingerprint density at radius 3 is 1.20 bits per heavy atom. The first kappa shape index (κ1) is 31.8. The van der Waals surface area contributed by atoms with E-state index in [9.17, 15) is 0 Å². The van der Waals surface area contributed by atoms with Crippen molar-refractivity contribution < 1.29 is 0 Å². The largest absolute Gasteiger partial charge is 0.310 e. The van der Waals surface area contributed by atoms with Crippen LogP contribution in [-0.4, -0.2) is 22.6 Å². The average molecular weight is 693 g/mol. The summed E-state index contributed by atoms with van der Waals surface area (Å²) in [6, 6.07) is 55.9. The van der Waals surface area contributed by atoms with Gasteiger partial charge < -0.3 is 9.13 Å². The molecule has 9 aromatic rings. The molecule has 4 heterocycles. The van der Waals surface area contributed by atoms with Gasteiger partial charge in [0.2, 0.25) is 13.4 Å². The zero-order chi connectivity index (χ0) is 36.7. The topological polar surface area (TPSA) is 9.86 Å². The average Bonchev–Trinajstić information content (AvgIpc) is 3.69. The summed E-state index contributed by atoms with van der Waals surface area (Å²) in [6.07, 6.45) is 0. The van der Waals surface area contributed by atoms with Crippen LogP contribution in [0.25, 0.3) is 55.0 Å². The molecule has 4 heteroatoms. The molecule has 0 bridgehead atoms. The monoisotopic (exact) mass is 692 g/mol. The Hall–Kier alpha value is -5.73. The summed E-state index contributed by atoms with van der Waals surface area (Å²) in [4.78, 5) is 0. The lowest BCUT2D eigenvalue weighted by atomic mass is 9.32. The van der Waals surface area contributed by atoms with Crippen molar-refractivity contribution in [1.82, 2.24) is 9.13 Å². The minimum absolute atomic E-state index is 0.0531. The van der Waals surface area contributed by atoms with E-state index in [-0.39, 0.29) is 24.3 Å². The molecule has 0 atom stereocenters. The molecular formula is C50H42B2N2. The third-order valence-electron chi connectivity index (χ3n) is 12.5. The summed E-state index contributed by atoms with van der Waals surface area (Å²) >= 11 is 0. The summed E-state index contributed by atoms with van der Waals surface area (Å²) < 4.78 is 5.19. The summed E-state index contributed by atoms with van der Waals surface area (Å²) in [5.41, 5.74) is 18.7. The Bertz CT molecular complexity index is 2810. The first-order valence-electron chi connectivity index (χ1n) is 19.5. The van der Waals surface area contributed by atoms with Crippen LogP contribution in [0.15, 0.2) is 146 Å². The lowest BCUT2D eigenvalue weighted by Gasteiger charge is -2.33. The second-order valence-corrected chi connectivity index (χ2v) is 17.8. The van der Waals surface area contributed by atoms with Crippen LogP contribution in [0.1, 0.15) is 52.7 Å². The standard InChI is InChI=1S/C50H42B2N2/c1-49(2,3)31-23-25-43-37(27-31)35-19-13-21-39-47(35)53(43)45-30-46-42(29-41(45)51(39)33-15-9-7-10-16-33)52(34-17-11-8-12-18-34)40-22-14-20-36-38-28-32(50(4,5)6)24-26-44(38)54(46)48(36)40/h7-30H,1-6H3. The molecule has 0 aliphatic carbocycles. The molecule has 2 nitrogen and oxygen atoms in total. The third-order valence-corrected chi connectivity index (χ3v) is 12.5. The van der Waals surface area contributed by atoms with Crippen molar-refractivity contribution in [3.8, 4) is 11.4 Å². The van der Waals surface area contributed by atoms with Crippen LogP contribution in [0.4, 0.5) is 0 Å². The van der Waals surface area contributed by atoms with Gasteiger partial charge in [-0.25, -0.2) is 0 Å². The molecule has 0 radical (unpaired) electrons. The van der Waals surface area contributed by atoms with Crippen molar-refractivity contribution in [2.24, 2.45) is 0 Å². The number of benzene rings is 7. The molecule has 2 aliphatic rings. The highest BCUT2D eigenvalue weighted by Crippen LogP contribution is 2.39. The summed E-state index contributed by atoms with van der Waals surface area (Å²) in [5, 5.41) is 5.31. The quantitative estimate of drug-likeness (QED) is 0.162. The van der Waals surface area contributed by atoms with Gasteiger partial charge in [0.15, 0.2) is 0 Å². The number of nitrogens with zero attached hydrogens (tertiary/aromatic N) is 2. The van der Waals surface area contributed by atoms with Crippen LogP contribution in [0, 0.1) is 0 Å². The van der Waals surface area contributed by atoms with E-state index in [1.807, 2.05) is 0 Å². The molecule has 0 unspecified atom stereocenters. The molecule has 2 aromatic heterocycles. The second-order valence-electron chi connectivity index (χ2n) is 17.8. The smallest absolute Gasteiger partial charge is 0.246 e. The molecule has 54 heavy (non-hydrogen) atoms. The molecule has 0 N–H and O–H groups in total. The van der Waals surface area contributed by atoms with Crippen LogP contribution < -0.4 is 32.8 Å². The van der Waals surface area contributed by atoms with Gasteiger partial charge in [-0.3, -0.25) is 0 Å². The maximum Gasteiger partial charge on any atom is 0.246 e. The molecule has 0 amide bonds. The Morgan fingerprint density at radius 2 is 0.796 bits per heavy atom. The number of rotatable bonds is 2. The molecule has 11 rings (SSSR count). The van der Waals surface area contributed by atoms with Crippen molar-refractivity contribution in [2.75, 3.05) is 0 Å². The second kappa shape index (κ2) is 10.9. The molecule has 0 fully saturated rings. The van der Waals surface area contributed by atoms with Crippen LogP contribution in [0.3, 0.4) is 0 Å². The predicted molar refractivity (Wildman–Crippen MR) is 235 cm³/mol. The SMILES string of the molecule is CC(C)(C)c1ccc2c(c1)c1cccc3c1n2-c1cc2c(cc1B3c1ccccc1)B(c1ccccc1)c1cccc3c4cc(C(C)(C)C)ccc4n-2c13. The first-order valence-corrected chi connectivity index (χ1v) is 19.5.